The van der Waals surface area contributed by atoms with Crippen LogP contribution in [0.25, 0.3) is 0 Å². The van der Waals surface area contributed by atoms with Gasteiger partial charge in [0.2, 0.25) is 0 Å². The maximum atomic E-state index is 12.5. The van der Waals surface area contributed by atoms with E-state index < -0.39 is 29.8 Å². The molecule has 1 aromatic carbocycles. The Morgan fingerprint density at radius 3 is 2.46 bits per heavy atom. The van der Waals surface area contributed by atoms with Crippen LogP contribution in [0.15, 0.2) is 24.3 Å². The second-order valence-corrected chi connectivity index (χ2v) is 8.11. The lowest BCUT2D eigenvalue weighted by atomic mass is 10.1. The monoisotopic (exact) mass is 390 g/mol. The van der Waals surface area contributed by atoms with Crippen molar-refractivity contribution in [3.05, 3.63) is 35.4 Å². The largest absolute Gasteiger partial charge is 0.451 e. The second kappa shape index (κ2) is 9.08. The molecule has 2 atom stereocenters. The lowest BCUT2D eigenvalue weighted by Gasteiger charge is -2.28. The lowest BCUT2D eigenvalue weighted by molar-refractivity contribution is -0.158. The fourth-order valence-corrected chi connectivity index (χ4v) is 2.90. The van der Waals surface area contributed by atoms with Crippen molar-refractivity contribution in [3.63, 3.8) is 0 Å². The average Bonchev–Trinajstić information content (AvgIpc) is 3.09. The predicted molar refractivity (Wildman–Crippen MR) is 105 cm³/mol. The topological polar surface area (TPSA) is 84.9 Å². The van der Waals surface area contributed by atoms with Gasteiger partial charge in [-0.2, -0.15) is 0 Å². The van der Waals surface area contributed by atoms with Crippen LogP contribution in [0.4, 0.5) is 4.79 Å². The quantitative estimate of drug-likeness (QED) is 0.782. The molecule has 7 nitrogen and oxygen atoms in total. The molecule has 1 fully saturated rings. The van der Waals surface area contributed by atoms with Crippen molar-refractivity contribution >= 4 is 18.0 Å². The van der Waals surface area contributed by atoms with Crippen LogP contribution < -0.4 is 5.32 Å². The minimum absolute atomic E-state index is 0.356. The molecular weight excluding hydrogens is 360 g/mol. The Kier molecular flexibility index (Phi) is 7.05. The number of benzene rings is 1. The second-order valence-electron chi connectivity index (χ2n) is 8.11. The Morgan fingerprint density at radius 2 is 1.86 bits per heavy atom. The fourth-order valence-electron chi connectivity index (χ4n) is 2.90. The summed E-state index contributed by atoms with van der Waals surface area (Å²) in [5.41, 5.74) is 1.46. The molecule has 1 N–H and O–H groups in total. The number of nitrogens with one attached hydrogen (secondary N) is 1. The number of likely N-dealkylation sites (tertiary alicyclic amines) is 1. The highest BCUT2D eigenvalue weighted by molar-refractivity contribution is 5.86. The van der Waals surface area contributed by atoms with Gasteiger partial charge in [-0.3, -0.25) is 9.69 Å². The molecule has 2 amide bonds. The molecule has 0 aliphatic carbocycles. The van der Waals surface area contributed by atoms with E-state index in [-0.39, 0.29) is 5.91 Å². The van der Waals surface area contributed by atoms with Crippen molar-refractivity contribution in [2.24, 2.45) is 0 Å². The summed E-state index contributed by atoms with van der Waals surface area (Å²) in [5, 5.41) is 2.76. The van der Waals surface area contributed by atoms with Gasteiger partial charge in [0.15, 0.2) is 6.10 Å². The third-order valence-electron chi connectivity index (χ3n) is 4.40. The molecule has 0 aromatic heterocycles. The van der Waals surface area contributed by atoms with Crippen LogP contribution in [0.1, 0.15) is 51.7 Å². The van der Waals surface area contributed by atoms with Gasteiger partial charge in [0.05, 0.1) is 0 Å². The van der Waals surface area contributed by atoms with Crippen molar-refractivity contribution in [2.45, 2.75) is 71.8 Å². The standard InChI is InChI=1S/C21H30N2O5/c1-14-8-10-16(11-9-14)13-22-18(24)15(2)27-19(25)17-7-6-12-23(17)20(26)28-21(3,4)5/h8-11,15,17H,6-7,12-13H2,1-5H3,(H,22,24)/t15-,17+/m1/s1. The van der Waals surface area contributed by atoms with Crippen molar-refractivity contribution in [1.82, 2.24) is 10.2 Å². The lowest BCUT2D eigenvalue weighted by Crippen LogP contribution is -2.46. The molecule has 1 aromatic rings. The smallest absolute Gasteiger partial charge is 0.411 e. The highest BCUT2D eigenvalue weighted by Gasteiger charge is 2.38. The number of rotatable bonds is 5. The van der Waals surface area contributed by atoms with Gasteiger partial charge >= 0.3 is 12.1 Å². The zero-order chi connectivity index (χ0) is 20.9. The molecular formula is C21H30N2O5. The molecule has 1 heterocycles. The normalized spacial score (nSPS) is 17.8. The molecule has 0 saturated carbocycles. The van der Waals surface area contributed by atoms with Gasteiger partial charge in [-0.1, -0.05) is 29.8 Å². The maximum absolute atomic E-state index is 12.5. The average molecular weight is 390 g/mol. The van der Waals surface area contributed by atoms with Crippen LogP contribution in [-0.2, 0) is 25.6 Å². The summed E-state index contributed by atoms with van der Waals surface area (Å²) in [6.45, 7) is 9.62. The van der Waals surface area contributed by atoms with Crippen LogP contribution in [-0.4, -0.2) is 47.2 Å². The number of ether oxygens (including phenoxy) is 2. The van der Waals surface area contributed by atoms with Gasteiger partial charge in [-0.05, 0) is 53.0 Å². The molecule has 0 radical (unpaired) electrons. The minimum Gasteiger partial charge on any atom is -0.451 e. The summed E-state index contributed by atoms with van der Waals surface area (Å²) >= 11 is 0. The number of hydrogen-bond acceptors (Lipinski definition) is 5. The van der Waals surface area contributed by atoms with Crippen molar-refractivity contribution < 1.29 is 23.9 Å². The van der Waals surface area contributed by atoms with Crippen molar-refractivity contribution in [1.29, 1.82) is 0 Å². The van der Waals surface area contributed by atoms with E-state index in [2.05, 4.69) is 5.32 Å². The van der Waals surface area contributed by atoms with Crippen molar-refractivity contribution in [2.75, 3.05) is 6.54 Å². The Morgan fingerprint density at radius 1 is 1.21 bits per heavy atom. The number of nitrogens with zero attached hydrogens (tertiary/aromatic N) is 1. The number of esters is 1. The van der Waals surface area contributed by atoms with E-state index in [4.69, 9.17) is 9.47 Å². The van der Waals surface area contributed by atoms with Crippen LogP contribution in [0.5, 0.6) is 0 Å². The number of amides is 2. The molecule has 0 spiro atoms. The summed E-state index contributed by atoms with van der Waals surface area (Å²) in [5.74, 6) is -0.961. The van der Waals surface area contributed by atoms with Gasteiger partial charge in [0.1, 0.15) is 11.6 Å². The van der Waals surface area contributed by atoms with Gasteiger partial charge < -0.3 is 14.8 Å². The summed E-state index contributed by atoms with van der Waals surface area (Å²) in [6.07, 6.45) is -0.301. The maximum Gasteiger partial charge on any atom is 0.411 e. The molecule has 28 heavy (non-hydrogen) atoms. The van der Waals surface area contributed by atoms with Crippen LogP contribution in [0.2, 0.25) is 0 Å². The number of aryl methyl sites for hydroxylation is 1. The molecule has 0 unspecified atom stereocenters. The fraction of sp³-hybridized carbons (Fsp3) is 0.571. The number of carbonyl (C=O) groups is 3. The van der Waals surface area contributed by atoms with Crippen LogP contribution in [0.3, 0.4) is 0 Å². The number of carbonyl (C=O) groups excluding carboxylic acids is 3. The van der Waals surface area contributed by atoms with Gasteiger partial charge in [-0.15, -0.1) is 0 Å². The first-order valence-electron chi connectivity index (χ1n) is 9.60. The highest BCUT2D eigenvalue weighted by Crippen LogP contribution is 2.22. The van der Waals surface area contributed by atoms with Gasteiger partial charge in [-0.25, -0.2) is 9.59 Å². The van der Waals surface area contributed by atoms with Crippen molar-refractivity contribution in [3.8, 4) is 0 Å². The number of hydrogen-bond donors (Lipinski definition) is 1. The summed E-state index contributed by atoms with van der Waals surface area (Å²) in [4.78, 5) is 38.4. The molecule has 1 aliphatic rings. The van der Waals surface area contributed by atoms with Crippen LogP contribution >= 0.6 is 0 Å². The first-order chi connectivity index (χ1) is 13.1. The zero-order valence-electron chi connectivity index (χ0n) is 17.3. The third-order valence-corrected chi connectivity index (χ3v) is 4.40. The Labute approximate surface area is 166 Å². The van der Waals surface area contributed by atoms with Gasteiger partial charge in [0, 0.05) is 13.1 Å². The summed E-state index contributed by atoms with van der Waals surface area (Å²) in [6, 6.07) is 7.09. The Bertz CT molecular complexity index is 709. The molecule has 1 aliphatic heterocycles. The first-order valence-corrected chi connectivity index (χ1v) is 9.60. The van der Waals surface area contributed by atoms with Crippen LogP contribution in [0, 0.1) is 6.92 Å². The van der Waals surface area contributed by atoms with E-state index in [1.54, 1.807) is 20.8 Å². The highest BCUT2D eigenvalue weighted by atomic mass is 16.6. The Balaban J connectivity index is 1.87. The van der Waals surface area contributed by atoms with E-state index in [1.807, 2.05) is 31.2 Å². The van der Waals surface area contributed by atoms with Gasteiger partial charge in [0.25, 0.3) is 5.91 Å². The molecule has 7 heteroatoms. The molecule has 1 saturated heterocycles. The summed E-state index contributed by atoms with van der Waals surface area (Å²) in [7, 11) is 0. The Hall–Kier alpha value is -2.57. The molecule has 0 bridgehead atoms. The SMILES string of the molecule is Cc1ccc(CNC(=O)[C@@H](C)OC(=O)[C@@H]2CCCN2C(=O)OC(C)(C)C)cc1. The minimum atomic E-state index is -0.945. The van der Waals surface area contributed by atoms with E-state index >= 15 is 0 Å². The van der Waals surface area contributed by atoms with E-state index in [0.717, 1.165) is 11.1 Å². The third kappa shape index (κ3) is 6.25. The molecule has 2 rings (SSSR count). The molecule has 154 valence electrons. The zero-order valence-corrected chi connectivity index (χ0v) is 17.3. The van der Waals surface area contributed by atoms with E-state index in [9.17, 15) is 14.4 Å². The predicted octanol–water partition coefficient (Wildman–Crippen LogP) is 2.94. The van der Waals surface area contributed by atoms with E-state index in [1.165, 1.54) is 11.8 Å². The summed E-state index contributed by atoms with van der Waals surface area (Å²) < 4.78 is 10.7. The van der Waals surface area contributed by atoms with E-state index in [0.29, 0.717) is 25.9 Å². The first kappa shape index (κ1) is 21.7.